The Morgan fingerprint density at radius 2 is 1.42 bits per heavy atom. The van der Waals surface area contributed by atoms with E-state index < -0.39 is 0 Å². The van der Waals surface area contributed by atoms with Gasteiger partial charge in [-0.25, -0.2) is 0 Å². The molecule has 0 aliphatic carbocycles. The topological polar surface area (TPSA) is 12.5 Å². The van der Waals surface area contributed by atoms with Crippen molar-refractivity contribution in [2.24, 2.45) is 0 Å². The summed E-state index contributed by atoms with van der Waals surface area (Å²) in [5.41, 5.74) is 3.92. The van der Waals surface area contributed by atoms with Gasteiger partial charge in [-0.15, -0.1) is 0 Å². The van der Waals surface area contributed by atoms with E-state index in [1.165, 1.54) is 16.7 Å². The fraction of sp³-hybridized carbons (Fsp3) is 0.250. The summed E-state index contributed by atoms with van der Waals surface area (Å²) in [5.74, 6) is 0. The molecule has 0 bridgehead atoms. The van der Waals surface area contributed by atoms with E-state index in [1.807, 2.05) is 6.07 Å². The van der Waals surface area contributed by atoms with E-state index in [9.17, 15) is 0 Å². The van der Waals surface area contributed by atoms with Crippen molar-refractivity contribution in [3.8, 4) is 0 Å². The molecule has 0 unspecified atom stereocenters. The molecule has 2 nitrogen and oxygen atoms in total. The molecule has 2 heteroatoms. The van der Waals surface area contributed by atoms with Crippen molar-refractivity contribution in [1.29, 1.82) is 0 Å². The van der Waals surface area contributed by atoms with Crippen LogP contribution in [-0.4, -0.2) is 17.5 Å². The van der Waals surface area contributed by atoms with Crippen LogP contribution in [0.15, 0.2) is 91.0 Å². The average molecular weight is 343 g/mol. The molecule has 132 valence electrons. The van der Waals surface area contributed by atoms with Crippen molar-refractivity contribution in [1.82, 2.24) is 4.90 Å². The predicted octanol–water partition coefficient (Wildman–Crippen LogP) is 5.39. The van der Waals surface area contributed by atoms with Gasteiger partial charge in [0.1, 0.15) is 0 Å². The lowest BCUT2D eigenvalue weighted by Crippen LogP contribution is -2.55. The Labute approximate surface area is 156 Å². The minimum atomic E-state index is 0.226. The van der Waals surface area contributed by atoms with Gasteiger partial charge in [-0.3, -0.25) is 4.90 Å². The van der Waals surface area contributed by atoms with E-state index in [0.29, 0.717) is 18.7 Å². The molecule has 1 aliphatic heterocycles. The maximum Gasteiger partial charge on any atom is 0.0903 e. The van der Waals surface area contributed by atoms with Crippen LogP contribution in [0.3, 0.4) is 0 Å². The van der Waals surface area contributed by atoms with Crippen molar-refractivity contribution in [3.63, 3.8) is 0 Å². The monoisotopic (exact) mass is 343 g/mol. The molecule has 3 atom stereocenters. The van der Waals surface area contributed by atoms with E-state index in [4.69, 9.17) is 4.74 Å². The first-order valence-electron chi connectivity index (χ1n) is 9.34. The predicted molar refractivity (Wildman–Crippen MR) is 106 cm³/mol. The summed E-state index contributed by atoms with van der Waals surface area (Å²) < 4.78 is 6.31. The minimum absolute atomic E-state index is 0.226. The SMILES string of the molecule is C[C@@H](c1ccccc1)N1C[C@H](OCc2ccccc2)[C@@H]1c1ccccc1. The molecule has 0 spiro atoms. The first kappa shape index (κ1) is 17.0. The molecule has 0 radical (unpaired) electrons. The van der Waals surface area contributed by atoms with Crippen LogP contribution in [0.25, 0.3) is 0 Å². The number of ether oxygens (including phenoxy) is 1. The summed E-state index contributed by atoms with van der Waals surface area (Å²) in [6, 6.07) is 32.6. The number of nitrogens with zero attached hydrogens (tertiary/aromatic N) is 1. The highest BCUT2D eigenvalue weighted by Gasteiger charge is 2.43. The number of likely N-dealkylation sites (tertiary alicyclic amines) is 1. The first-order chi connectivity index (χ1) is 12.8. The summed E-state index contributed by atoms with van der Waals surface area (Å²) in [5, 5.41) is 0. The molecule has 26 heavy (non-hydrogen) atoms. The molecule has 1 saturated heterocycles. The molecule has 3 aromatic carbocycles. The molecule has 0 N–H and O–H groups in total. The lowest BCUT2D eigenvalue weighted by molar-refractivity contribution is -0.129. The highest BCUT2D eigenvalue weighted by atomic mass is 16.5. The molecule has 0 aromatic heterocycles. The van der Waals surface area contributed by atoms with Gasteiger partial charge in [0.15, 0.2) is 0 Å². The molecule has 0 amide bonds. The van der Waals surface area contributed by atoms with Crippen molar-refractivity contribution < 1.29 is 4.74 Å². The van der Waals surface area contributed by atoms with Crippen molar-refractivity contribution >= 4 is 0 Å². The van der Waals surface area contributed by atoms with Crippen LogP contribution >= 0.6 is 0 Å². The molecular weight excluding hydrogens is 318 g/mol. The smallest absolute Gasteiger partial charge is 0.0903 e. The number of rotatable bonds is 6. The minimum Gasteiger partial charge on any atom is -0.370 e. The fourth-order valence-electron chi connectivity index (χ4n) is 3.80. The Morgan fingerprint density at radius 3 is 2.08 bits per heavy atom. The standard InChI is InChI=1S/C24H25NO/c1-19(21-13-7-3-8-14-21)25-17-23(24(25)22-15-9-4-10-16-22)26-18-20-11-5-2-6-12-20/h2-16,19,23-24H,17-18H2,1H3/t19-,23-,24-/m0/s1. The molecule has 1 fully saturated rings. The third-order valence-corrected chi connectivity index (χ3v) is 5.33. The van der Waals surface area contributed by atoms with E-state index in [1.54, 1.807) is 0 Å². The largest absolute Gasteiger partial charge is 0.370 e. The van der Waals surface area contributed by atoms with Crippen LogP contribution in [0.1, 0.15) is 35.7 Å². The highest BCUT2D eigenvalue weighted by molar-refractivity contribution is 5.27. The Morgan fingerprint density at radius 1 is 0.846 bits per heavy atom. The van der Waals surface area contributed by atoms with Crippen LogP contribution in [0, 0.1) is 0 Å². The Bertz CT molecular complexity index is 803. The van der Waals surface area contributed by atoms with Crippen molar-refractivity contribution in [2.45, 2.75) is 31.7 Å². The fourth-order valence-corrected chi connectivity index (χ4v) is 3.80. The third-order valence-electron chi connectivity index (χ3n) is 5.33. The van der Waals surface area contributed by atoms with Gasteiger partial charge in [0.05, 0.1) is 18.8 Å². The molecular formula is C24H25NO. The van der Waals surface area contributed by atoms with Crippen LogP contribution in [0.2, 0.25) is 0 Å². The second-order valence-corrected chi connectivity index (χ2v) is 6.97. The zero-order valence-electron chi connectivity index (χ0n) is 15.2. The van der Waals surface area contributed by atoms with E-state index >= 15 is 0 Å². The van der Waals surface area contributed by atoms with Crippen LogP contribution in [-0.2, 0) is 11.3 Å². The van der Waals surface area contributed by atoms with Gasteiger partial charge in [0.25, 0.3) is 0 Å². The quantitative estimate of drug-likeness (QED) is 0.595. The van der Waals surface area contributed by atoms with E-state index in [0.717, 1.165) is 6.54 Å². The van der Waals surface area contributed by atoms with Gasteiger partial charge in [-0.1, -0.05) is 91.0 Å². The summed E-state index contributed by atoms with van der Waals surface area (Å²) >= 11 is 0. The summed E-state index contributed by atoms with van der Waals surface area (Å²) in [6.07, 6.45) is 0.226. The summed E-state index contributed by atoms with van der Waals surface area (Å²) in [4.78, 5) is 2.54. The van der Waals surface area contributed by atoms with Crippen LogP contribution in [0.5, 0.6) is 0 Å². The second kappa shape index (κ2) is 7.86. The van der Waals surface area contributed by atoms with Gasteiger partial charge in [0.2, 0.25) is 0 Å². The zero-order chi connectivity index (χ0) is 17.8. The van der Waals surface area contributed by atoms with Crippen LogP contribution < -0.4 is 0 Å². The first-order valence-corrected chi connectivity index (χ1v) is 9.34. The molecule has 0 saturated carbocycles. The van der Waals surface area contributed by atoms with Gasteiger partial charge in [0, 0.05) is 12.6 Å². The zero-order valence-corrected chi connectivity index (χ0v) is 15.2. The van der Waals surface area contributed by atoms with E-state index in [-0.39, 0.29) is 6.10 Å². The molecule has 3 aromatic rings. The van der Waals surface area contributed by atoms with Gasteiger partial charge >= 0.3 is 0 Å². The number of hydrogen-bond donors (Lipinski definition) is 0. The van der Waals surface area contributed by atoms with Gasteiger partial charge in [-0.2, -0.15) is 0 Å². The number of hydrogen-bond acceptors (Lipinski definition) is 2. The third kappa shape index (κ3) is 3.57. The van der Waals surface area contributed by atoms with Gasteiger partial charge in [-0.05, 0) is 23.6 Å². The van der Waals surface area contributed by atoms with Crippen LogP contribution in [0.4, 0.5) is 0 Å². The van der Waals surface area contributed by atoms with Gasteiger partial charge < -0.3 is 4.74 Å². The Balaban J connectivity index is 1.51. The lowest BCUT2D eigenvalue weighted by Gasteiger charge is -2.51. The van der Waals surface area contributed by atoms with Crippen molar-refractivity contribution in [2.75, 3.05) is 6.54 Å². The number of benzene rings is 3. The van der Waals surface area contributed by atoms with Crippen molar-refractivity contribution in [3.05, 3.63) is 108 Å². The lowest BCUT2D eigenvalue weighted by atomic mass is 9.88. The normalized spacial score (nSPS) is 21.1. The molecule has 4 rings (SSSR count). The molecule has 1 aliphatic rings. The summed E-state index contributed by atoms with van der Waals surface area (Å²) in [6.45, 7) is 3.92. The average Bonchev–Trinajstić information content (AvgIpc) is 2.69. The second-order valence-electron chi connectivity index (χ2n) is 6.97. The maximum absolute atomic E-state index is 6.31. The maximum atomic E-state index is 6.31. The highest BCUT2D eigenvalue weighted by Crippen LogP contribution is 2.42. The Kier molecular flexibility index (Phi) is 5.14. The van der Waals surface area contributed by atoms with E-state index in [2.05, 4.69) is 96.8 Å². The molecule has 1 heterocycles. The summed E-state index contributed by atoms with van der Waals surface area (Å²) in [7, 11) is 0. The Hall–Kier alpha value is -2.42.